The number of aliphatic hydroxyl groups is 1. The number of benzene rings is 1. The third-order valence-corrected chi connectivity index (χ3v) is 2.89. The van der Waals surface area contributed by atoms with Crippen molar-refractivity contribution in [1.29, 1.82) is 0 Å². The fraction of sp³-hybridized carbons (Fsp3) is 0.273. The van der Waals surface area contributed by atoms with Crippen molar-refractivity contribution in [2.45, 2.75) is 11.8 Å². The molecule has 3 N–H and O–H groups in total. The number of hydrogen-bond donors (Lipinski definition) is 2. The van der Waals surface area contributed by atoms with Crippen LogP contribution in [0.4, 0.5) is 13.2 Å². The molecule has 0 radical (unpaired) electrons. The van der Waals surface area contributed by atoms with E-state index in [1.165, 1.54) is 18.2 Å². The van der Waals surface area contributed by atoms with Crippen molar-refractivity contribution in [2.24, 2.45) is 5.73 Å². The molecule has 1 aromatic heterocycles. The van der Waals surface area contributed by atoms with Gasteiger partial charge in [-0.2, -0.15) is 13.2 Å². The van der Waals surface area contributed by atoms with Crippen molar-refractivity contribution >= 4 is 22.6 Å². The highest BCUT2D eigenvalue weighted by Crippen LogP contribution is 2.40. The highest BCUT2D eigenvalue weighted by atomic mass is 35.5. The molecule has 2 aromatic rings. The number of furan rings is 1. The lowest BCUT2D eigenvalue weighted by Gasteiger charge is -2.26. The largest absolute Gasteiger partial charge is 0.458 e. The number of alkyl halides is 3. The highest BCUT2D eigenvalue weighted by Gasteiger charge is 2.56. The van der Waals surface area contributed by atoms with Gasteiger partial charge in [0, 0.05) is 17.0 Å². The monoisotopic (exact) mass is 279 g/mol. The van der Waals surface area contributed by atoms with Crippen LogP contribution >= 0.6 is 11.6 Å². The Morgan fingerprint density at radius 2 is 1.94 bits per heavy atom. The van der Waals surface area contributed by atoms with Crippen molar-refractivity contribution in [3.8, 4) is 0 Å². The second-order valence-corrected chi connectivity index (χ2v) is 4.29. The predicted octanol–water partition coefficient (Wildman–Crippen LogP) is 2.79. The Labute approximate surface area is 105 Å². The van der Waals surface area contributed by atoms with E-state index in [0.29, 0.717) is 10.4 Å². The molecule has 1 aromatic carbocycles. The average Bonchev–Trinajstić information content (AvgIpc) is 2.69. The van der Waals surface area contributed by atoms with Gasteiger partial charge in [-0.25, -0.2) is 0 Å². The maximum atomic E-state index is 12.8. The molecular formula is C11H9ClF3NO2. The highest BCUT2D eigenvalue weighted by molar-refractivity contribution is 6.31. The zero-order chi connectivity index (χ0) is 13.6. The van der Waals surface area contributed by atoms with Gasteiger partial charge in [0.25, 0.3) is 0 Å². The Hall–Kier alpha value is -1.24. The summed E-state index contributed by atoms with van der Waals surface area (Å²) in [6.45, 7) is -1.02. The third-order valence-electron chi connectivity index (χ3n) is 2.65. The lowest BCUT2D eigenvalue weighted by Crippen LogP contribution is -2.48. The van der Waals surface area contributed by atoms with E-state index in [-0.39, 0.29) is 5.58 Å². The number of rotatable bonds is 2. The summed E-state index contributed by atoms with van der Waals surface area (Å²) < 4.78 is 43.3. The lowest BCUT2D eigenvalue weighted by atomic mass is 10.0. The van der Waals surface area contributed by atoms with Gasteiger partial charge in [0.05, 0.1) is 0 Å². The van der Waals surface area contributed by atoms with Crippen LogP contribution in [0.25, 0.3) is 11.0 Å². The van der Waals surface area contributed by atoms with Gasteiger partial charge in [-0.3, -0.25) is 0 Å². The molecule has 3 nitrogen and oxygen atoms in total. The average molecular weight is 280 g/mol. The van der Waals surface area contributed by atoms with Gasteiger partial charge in [-0.15, -0.1) is 0 Å². The first kappa shape index (κ1) is 13.2. The maximum Gasteiger partial charge on any atom is 0.425 e. The molecule has 0 aliphatic carbocycles. The van der Waals surface area contributed by atoms with Crippen LogP contribution in [0.3, 0.4) is 0 Å². The molecular weight excluding hydrogens is 271 g/mol. The van der Waals surface area contributed by atoms with Gasteiger partial charge in [0.1, 0.15) is 11.3 Å². The number of fused-ring (bicyclic) bond motifs is 1. The molecule has 0 saturated heterocycles. The summed E-state index contributed by atoms with van der Waals surface area (Å²) in [4.78, 5) is 0. The first-order valence-electron chi connectivity index (χ1n) is 4.96. The number of nitrogens with two attached hydrogens (primary N) is 1. The van der Waals surface area contributed by atoms with Crippen LogP contribution in [0.1, 0.15) is 5.76 Å². The summed E-state index contributed by atoms with van der Waals surface area (Å²) >= 11 is 5.71. The molecule has 7 heteroatoms. The van der Waals surface area contributed by atoms with E-state index in [4.69, 9.17) is 21.8 Å². The van der Waals surface area contributed by atoms with E-state index in [0.717, 1.165) is 6.07 Å². The SMILES string of the molecule is NCC(O)(c1cc2cc(Cl)ccc2o1)C(F)(F)F. The minimum Gasteiger partial charge on any atom is -0.458 e. The molecule has 98 valence electrons. The van der Waals surface area contributed by atoms with E-state index in [9.17, 15) is 18.3 Å². The molecule has 0 aliphatic heterocycles. The fourth-order valence-electron chi connectivity index (χ4n) is 1.57. The first-order valence-corrected chi connectivity index (χ1v) is 5.34. The van der Waals surface area contributed by atoms with Gasteiger partial charge < -0.3 is 15.3 Å². The second kappa shape index (κ2) is 4.15. The summed E-state index contributed by atoms with van der Waals surface area (Å²) in [6, 6.07) is 5.43. The van der Waals surface area contributed by atoms with Gasteiger partial charge >= 0.3 is 6.18 Å². The zero-order valence-corrected chi connectivity index (χ0v) is 9.72. The maximum absolute atomic E-state index is 12.8. The summed E-state index contributed by atoms with van der Waals surface area (Å²) in [6.07, 6.45) is -4.92. The molecule has 0 bridgehead atoms. The van der Waals surface area contributed by atoms with E-state index in [1.54, 1.807) is 0 Å². The molecule has 1 atom stereocenters. The zero-order valence-electron chi connectivity index (χ0n) is 8.96. The van der Waals surface area contributed by atoms with Crippen LogP contribution in [0.15, 0.2) is 28.7 Å². The molecule has 1 heterocycles. The van der Waals surface area contributed by atoms with E-state index in [2.05, 4.69) is 0 Å². The second-order valence-electron chi connectivity index (χ2n) is 3.85. The van der Waals surface area contributed by atoms with Crippen LogP contribution in [0.2, 0.25) is 5.02 Å². The minimum atomic E-state index is -4.92. The summed E-state index contributed by atoms with van der Waals surface area (Å²) in [5.41, 5.74) is 2.02. The lowest BCUT2D eigenvalue weighted by molar-refractivity contribution is -0.267. The van der Waals surface area contributed by atoms with Crippen LogP contribution < -0.4 is 5.73 Å². The smallest absolute Gasteiger partial charge is 0.425 e. The first-order chi connectivity index (χ1) is 8.28. The Kier molecular flexibility index (Phi) is 3.04. The Bertz CT molecular complexity index is 581. The fourth-order valence-corrected chi connectivity index (χ4v) is 1.75. The standard InChI is InChI=1S/C11H9ClF3NO2/c12-7-1-2-8-6(3-7)4-9(18-8)10(17,5-16)11(13,14)15/h1-4,17H,5,16H2. The van der Waals surface area contributed by atoms with Crippen molar-refractivity contribution in [1.82, 2.24) is 0 Å². The topological polar surface area (TPSA) is 59.4 Å². The molecule has 0 saturated carbocycles. The van der Waals surface area contributed by atoms with Gasteiger partial charge in [0.2, 0.25) is 5.60 Å². The Morgan fingerprint density at radius 1 is 1.28 bits per heavy atom. The van der Waals surface area contributed by atoms with Crippen molar-refractivity contribution in [3.05, 3.63) is 35.0 Å². The van der Waals surface area contributed by atoms with Gasteiger partial charge in [-0.1, -0.05) is 11.6 Å². The molecule has 0 fully saturated rings. The molecule has 2 rings (SSSR count). The summed E-state index contributed by atoms with van der Waals surface area (Å²) in [7, 11) is 0. The molecule has 0 amide bonds. The van der Waals surface area contributed by atoms with Gasteiger partial charge in [0.15, 0.2) is 0 Å². The number of halogens is 4. The van der Waals surface area contributed by atoms with Crippen LogP contribution in [-0.2, 0) is 5.60 Å². The van der Waals surface area contributed by atoms with E-state index >= 15 is 0 Å². The van der Waals surface area contributed by atoms with Crippen LogP contribution in [0, 0.1) is 0 Å². The van der Waals surface area contributed by atoms with Crippen LogP contribution in [0.5, 0.6) is 0 Å². The van der Waals surface area contributed by atoms with Gasteiger partial charge in [-0.05, 0) is 24.3 Å². The molecule has 0 spiro atoms. The quantitative estimate of drug-likeness (QED) is 0.889. The molecule has 18 heavy (non-hydrogen) atoms. The minimum absolute atomic E-state index is 0.200. The van der Waals surface area contributed by atoms with Crippen LogP contribution in [-0.4, -0.2) is 17.8 Å². The summed E-state index contributed by atoms with van der Waals surface area (Å²) in [5, 5.41) is 10.3. The third kappa shape index (κ3) is 1.96. The Morgan fingerprint density at radius 3 is 2.50 bits per heavy atom. The molecule has 1 unspecified atom stereocenters. The van der Waals surface area contributed by atoms with Crippen molar-refractivity contribution in [2.75, 3.05) is 6.54 Å². The molecule has 0 aliphatic rings. The van der Waals surface area contributed by atoms with E-state index in [1.807, 2.05) is 0 Å². The van der Waals surface area contributed by atoms with Crippen molar-refractivity contribution in [3.63, 3.8) is 0 Å². The van der Waals surface area contributed by atoms with Crippen molar-refractivity contribution < 1.29 is 22.7 Å². The normalized spacial score (nSPS) is 15.9. The number of hydrogen-bond acceptors (Lipinski definition) is 3. The predicted molar refractivity (Wildman–Crippen MR) is 60.2 cm³/mol. The summed E-state index contributed by atoms with van der Waals surface area (Å²) in [5.74, 6) is -0.644. The Balaban J connectivity index is 2.59. The van der Waals surface area contributed by atoms with E-state index < -0.39 is 24.1 Å².